The Bertz CT molecular complexity index is 670. The van der Waals surface area contributed by atoms with Gasteiger partial charge in [-0.1, -0.05) is 12.1 Å². The van der Waals surface area contributed by atoms with Crippen molar-refractivity contribution in [1.82, 2.24) is 15.3 Å². The van der Waals surface area contributed by atoms with Crippen molar-refractivity contribution >= 4 is 28.6 Å². The number of nitrogens with zero attached hydrogens (tertiary/aromatic N) is 2. The Morgan fingerprint density at radius 2 is 2.10 bits per heavy atom. The van der Waals surface area contributed by atoms with Gasteiger partial charge in [0.05, 0.1) is 5.52 Å². The Balaban J connectivity index is 1.85. The van der Waals surface area contributed by atoms with Crippen LogP contribution in [0, 0.1) is 0 Å². The zero-order valence-electron chi connectivity index (χ0n) is 11.8. The number of hydrazine groups is 1. The third-order valence-corrected chi connectivity index (χ3v) is 3.40. The van der Waals surface area contributed by atoms with Gasteiger partial charge >= 0.3 is 0 Å². The fraction of sp³-hybridized carbons (Fsp3) is 0.357. The van der Waals surface area contributed by atoms with E-state index in [4.69, 9.17) is 5.84 Å². The molecule has 1 amide bonds. The van der Waals surface area contributed by atoms with Gasteiger partial charge in [0, 0.05) is 11.4 Å². The van der Waals surface area contributed by atoms with Crippen LogP contribution in [0.3, 0.4) is 0 Å². The highest BCUT2D eigenvalue weighted by Crippen LogP contribution is 2.23. The van der Waals surface area contributed by atoms with E-state index in [-0.39, 0.29) is 11.9 Å². The number of carbonyl (C=O) groups excluding carboxylic acids is 1. The second kappa shape index (κ2) is 5.53. The number of aromatic nitrogens is 2. The quantitative estimate of drug-likeness (QED) is 0.482. The van der Waals surface area contributed by atoms with Gasteiger partial charge in [0.2, 0.25) is 11.9 Å². The van der Waals surface area contributed by atoms with Gasteiger partial charge in [-0.3, -0.25) is 10.2 Å². The molecule has 1 heterocycles. The van der Waals surface area contributed by atoms with Crippen molar-refractivity contribution in [1.29, 1.82) is 0 Å². The van der Waals surface area contributed by atoms with Crippen LogP contribution in [0.4, 0.5) is 11.8 Å². The average Bonchev–Trinajstić information content (AvgIpc) is 3.30. The molecule has 0 bridgehead atoms. The number of hydrogen-bond acceptors (Lipinski definition) is 6. The zero-order chi connectivity index (χ0) is 14.8. The van der Waals surface area contributed by atoms with E-state index < -0.39 is 0 Å². The molecule has 2 aromatic rings. The van der Waals surface area contributed by atoms with Crippen molar-refractivity contribution in [2.75, 3.05) is 10.7 Å². The average molecular weight is 286 g/mol. The molecule has 7 nitrogen and oxygen atoms in total. The molecule has 3 rings (SSSR count). The maximum atomic E-state index is 12.0. The Hall–Kier alpha value is -2.41. The number of anilines is 2. The van der Waals surface area contributed by atoms with Crippen LogP contribution in [0.1, 0.15) is 19.8 Å². The third kappa shape index (κ3) is 3.03. The number of fused-ring (bicyclic) bond motifs is 1. The summed E-state index contributed by atoms with van der Waals surface area (Å²) in [5.74, 6) is 6.27. The first kappa shape index (κ1) is 13.6. The minimum atomic E-state index is -0.380. The van der Waals surface area contributed by atoms with Gasteiger partial charge in [-0.05, 0) is 31.9 Å². The molecule has 7 heteroatoms. The maximum Gasteiger partial charge on any atom is 0.242 e. The van der Waals surface area contributed by atoms with Crippen LogP contribution >= 0.6 is 0 Å². The molecule has 0 spiro atoms. The van der Waals surface area contributed by atoms with E-state index in [0.717, 1.165) is 23.7 Å². The van der Waals surface area contributed by atoms with E-state index in [9.17, 15) is 4.79 Å². The number of nitrogens with one attached hydrogen (secondary N) is 3. The predicted molar refractivity (Wildman–Crippen MR) is 81.6 cm³/mol. The first-order valence-electron chi connectivity index (χ1n) is 6.97. The van der Waals surface area contributed by atoms with E-state index in [1.807, 2.05) is 31.2 Å². The fourth-order valence-corrected chi connectivity index (χ4v) is 2.08. The number of para-hydroxylation sites is 1. The first-order chi connectivity index (χ1) is 10.2. The molecule has 1 saturated carbocycles. The van der Waals surface area contributed by atoms with Crippen LogP contribution in [0.15, 0.2) is 24.3 Å². The standard InChI is InChI=1S/C14H18N6O/c1-8(13(21)17-9-6-7-9)16-12-10-4-2-3-5-11(10)18-14(19-12)20-15/h2-5,8-9H,6-7,15H2,1H3,(H,17,21)(H2,16,18,19,20). The molecule has 1 aliphatic rings. The van der Waals surface area contributed by atoms with Gasteiger partial charge in [-0.15, -0.1) is 0 Å². The van der Waals surface area contributed by atoms with E-state index >= 15 is 0 Å². The number of benzene rings is 1. The number of nitrogen functional groups attached to an aromatic ring is 1. The van der Waals surface area contributed by atoms with Crippen molar-refractivity contribution < 1.29 is 4.79 Å². The Kier molecular flexibility index (Phi) is 3.57. The lowest BCUT2D eigenvalue weighted by molar-refractivity contribution is -0.121. The Morgan fingerprint density at radius 3 is 2.81 bits per heavy atom. The molecule has 1 fully saturated rings. The summed E-state index contributed by atoms with van der Waals surface area (Å²) >= 11 is 0. The number of amides is 1. The first-order valence-corrected chi connectivity index (χ1v) is 6.97. The summed E-state index contributed by atoms with van der Waals surface area (Å²) in [5.41, 5.74) is 3.20. The van der Waals surface area contributed by atoms with E-state index in [1.54, 1.807) is 0 Å². The number of hydrogen-bond donors (Lipinski definition) is 4. The van der Waals surface area contributed by atoms with Gasteiger partial charge < -0.3 is 10.6 Å². The van der Waals surface area contributed by atoms with E-state index in [1.165, 1.54) is 0 Å². The van der Waals surface area contributed by atoms with Crippen molar-refractivity contribution in [3.63, 3.8) is 0 Å². The molecule has 0 saturated heterocycles. The smallest absolute Gasteiger partial charge is 0.242 e. The van der Waals surface area contributed by atoms with Gasteiger partial charge in [0.25, 0.3) is 0 Å². The van der Waals surface area contributed by atoms with Crippen LogP contribution < -0.4 is 21.9 Å². The van der Waals surface area contributed by atoms with Crippen LogP contribution in [0.5, 0.6) is 0 Å². The normalized spacial score (nSPS) is 15.5. The number of carbonyl (C=O) groups is 1. The van der Waals surface area contributed by atoms with Gasteiger partial charge in [-0.25, -0.2) is 10.8 Å². The molecular weight excluding hydrogens is 268 g/mol. The Labute approximate surface area is 122 Å². The molecule has 1 aromatic carbocycles. The summed E-state index contributed by atoms with van der Waals surface area (Å²) in [6.45, 7) is 1.81. The minimum Gasteiger partial charge on any atom is -0.358 e. The SMILES string of the molecule is CC(Nc1nc(NN)nc2ccccc12)C(=O)NC1CC1. The van der Waals surface area contributed by atoms with E-state index in [2.05, 4.69) is 26.0 Å². The topological polar surface area (TPSA) is 105 Å². The predicted octanol–water partition coefficient (Wildman–Crippen LogP) is 0.994. The van der Waals surface area contributed by atoms with Crippen molar-refractivity contribution in [2.24, 2.45) is 5.84 Å². The third-order valence-electron chi connectivity index (χ3n) is 3.40. The molecule has 1 aliphatic carbocycles. The molecule has 1 atom stereocenters. The lowest BCUT2D eigenvalue weighted by Crippen LogP contribution is -2.39. The van der Waals surface area contributed by atoms with Crippen molar-refractivity contribution in [2.45, 2.75) is 31.8 Å². The highest BCUT2D eigenvalue weighted by Gasteiger charge is 2.26. The highest BCUT2D eigenvalue weighted by atomic mass is 16.2. The summed E-state index contributed by atoms with van der Waals surface area (Å²) in [7, 11) is 0. The van der Waals surface area contributed by atoms with Gasteiger partial charge in [0.15, 0.2) is 0 Å². The zero-order valence-corrected chi connectivity index (χ0v) is 11.8. The molecule has 1 aromatic heterocycles. The summed E-state index contributed by atoms with van der Waals surface area (Å²) < 4.78 is 0. The molecule has 110 valence electrons. The fourth-order valence-electron chi connectivity index (χ4n) is 2.08. The van der Waals surface area contributed by atoms with Crippen molar-refractivity contribution in [3.05, 3.63) is 24.3 Å². The number of rotatable bonds is 5. The lowest BCUT2D eigenvalue weighted by atomic mass is 10.2. The van der Waals surface area contributed by atoms with Crippen molar-refractivity contribution in [3.8, 4) is 0 Å². The molecule has 21 heavy (non-hydrogen) atoms. The second-order valence-electron chi connectivity index (χ2n) is 5.21. The lowest BCUT2D eigenvalue weighted by Gasteiger charge is -2.16. The summed E-state index contributed by atoms with van der Waals surface area (Å²) in [4.78, 5) is 20.6. The van der Waals surface area contributed by atoms with Crippen LogP contribution in [-0.2, 0) is 4.79 Å². The van der Waals surface area contributed by atoms with Gasteiger partial charge in [0.1, 0.15) is 11.9 Å². The molecular formula is C14H18N6O. The minimum absolute atomic E-state index is 0.0255. The summed E-state index contributed by atoms with van der Waals surface area (Å²) in [6.07, 6.45) is 2.13. The summed E-state index contributed by atoms with van der Waals surface area (Å²) in [6, 6.07) is 7.53. The Morgan fingerprint density at radius 1 is 1.33 bits per heavy atom. The van der Waals surface area contributed by atoms with Crippen LogP contribution in [-0.4, -0.2) is 28.0 Å². The molecule has 0 aliphatic heterocycles. The molecule has 5 N–H and O–H groups in total. The molecule has 1 unspecified atom stereocenters. The maximum absolute atomic E-state index is 12.0. The van der Waals surface area contributed by atoms with Crippen LogP contribution in [0.25, 0.3) is 10.9 Å². The second-order valence-corrected chi connectivity index (χ2v) is 5.21. The van der Waals surface area contributed by atoms with Crippen LogP contribution in [0.2, 0.25) is 0 Å². The summed E-state index contributed by atoms with van der Waals surface area (Å²) in [5, 5.41) is 6.95. The highest BCUT2D eigenvalue weighted by molar-refractivity contribution is 5.92. The largest absolute Gasteiger partial charge is 0.358 e. The number of nitrogens with two attached hydrogens (primary N) is 1. The monoisotopic (exact) mass is 286 g/mol. The van der Waals surface area contributed by atoms with E-state index in [0.29, 0.717) is 17.8 Å². The molecule has 0 radical (unpaired) electrons. The van der Waals surface area contributed by atoms with Gasteiger partial charge in [-0.2, -0.15) is 4.98 Å².